The van der Waals surface area contributed by atoms with Gasteiger partial charge in [-0.25, -0.2) is 4.52 Å². The lowest BCUT2D eigenvalue weighted by Gasteiger charge is -2.22. The molecule has 4 heterocycles. The Hall–Kier alpha value is -2.34. The van der Waals surface area contributed by atoms with Gasteiger partial charge in [-0.15, -0.1) is 11.8 Å². The van der Waals surface area contributed by atoms with E-state index in [1.165, 1.54) is 6.42 Å². The number of rotatable bonds is 7. The zero-order valence-corrected chi connectivity index (χ0v) is 18.5. The van der Waals surface area contributed by atoms with E-state index in [1.54, 1.807) is 18.0 Å². The SMILES string of the molecule is CC(C)OC[C@@H](C)Sc1cc(-c2cnn([C@@H]3CCCNC3)c2)cn2ncc(C#N)c12. The van der Waals surface area contributed by atoms with Crippen LogP contribution in [0.2, 0.25) is 0 Å². The monoisotopic (exact) mass is 424 g/mol. The first-order valence-corrected chi connectivity index (χ1v) is 11.4. The molecule has 4 rings (SSSR count). The summed E-state index contributed by atoms with van der Waals surface area (Å²) in [4.78, 5) is 1.04. The van der Waals surface area contributed by atoms with Crippen molar-refractivity contribution in [2.45, 2.75) is 55.9 Å². The van der Waals surface area contributed by atoms with Gasteiger partial charge in [0.25, 0.3) is 0 Å². The molecule has 30 heavy (non-hydrogen) atoms. The first-order valence-electron chi connectivity index (χ1n) is 10.5. The highest BCUT2D eigenvalue weighted by molar-refractivity contribution is 8.00. The number of aromatic nitrogens is 4. The summed E-state index contributed by atoms with van der Waals surface area (Å²) in [6.07, 6.45) is 10.2. The van der Waals surface area contributed by atoms with Gasteiger partial charge in [0.1, 0.15) is 6.07 Å². The minimum atomic E-state index is 0.198. The van der Waals surface area contributed by atoms with Gasteiger partial charge >= 0.3 is 0 Å². The fourth-order valence-electron chi connectivity index (χ4n) is 3.74. The Morgan fingerprint density at radius 3 is 2.87 bits per heavy atom. The summed E-state index contributed by atoms with van der Waals surface area (Å²) in [5.41, 5.74) is 3.55. The van der Waals surface area contributed by atoms with Crippen LogP contribution >= 0.6 is 11.8 Å². The summed E-state index contributed by atoms with van der Waals surface area (Å²) in [5.74, 6) is 0. The van der Waals surface area contributed by atoms with Crippen LogP contribution < -0.4 is 5.32 Å². The number of piperidine rings is 1. The number of hydrogen-bond acceptors (Lipinski definition) is 6. The number of ether oxygens (including phenoxy) is 1. The van der Waals surface area contributed by atoms with Gasteiger partial charge < -0.3 is 10.1 Å². The van der Waals surface area contributed by atoms with Gasteiger partial charge in [-0.3, -0.25) is 4.68 Å². The summed E-state index contributed by atoms with van der Waals surface area (Å²) >= 11 is 1.72. The largest absolute Gasteiger partial charge is 0.378 e. The molecular weight excluding hydrogens is 396 g/mol. The molecule has 0 bridgehead atoms. The van der Waals surface area contributed by atoms with Gasteiger partial charge in [0.05, 0.1) is 42.2 Å². The first-order chi connectivity index (χ1) is 14.5. The molecule has 0 spiro atoms. The number of nitriles is 1. The Bertz CT molecular complexity index is 1040. The van der Waals surface area contributed by atoms with E-state index in [0.29, 0.717) is 18.2 Å². The zero-order chi connectivity index (χ0) is 21.1. The normalized spacial score (nSPS) is 18.0. The second-order valence-electron chi connectivity index (χ2n) is 8.08. The van der Waals surface area contributed by atoms with Crippen molar-refractivity contribution in [3.63, 3.8) is 0 Å². The van der Waals surface area contributed by atoms with Crippen LogP contribution in [-0.2, 0) is 4.74 Å². The van der Waals surface area contributed by atoms with Crippen LogP contribution in [-0.4, -0.2) is 50.4 Å². The number of pyridine rings is 1. The van der Waals surface area contributed by atoms with Crippen molar-refractivity contribution in [2.24, 2.45) is 0 Å². The summed E-state index contributed by atoms with van der Waals surface area (Å²) in [5, 5.41) is 22.3. The molecule has 0 saturated carbocycles. The minimum Gasteiger partial charge on any atom is -0.378 e. The van der Waals surface area contributed by atoms with E-state index in [2.05, 4.69) is 45.5 Å². The Kier molecular flexibility index (Phi) is 6.42. The molecule has 1 aliphatic rings. The molecular formula is C22H28N6OS. The fourth-order valence-corrected chi connectivity index (χ4v) is 4.83. The molecule has 158 valence electrons. The van der Waals surface area contributed by atoms with E-state index < -0.39 is 0 Å². The molecule has 3 aromatic rings. The predicted molar refractivity (Wildman–Crippen MR) is 119 cm³/mol. The van der Waals surface area contributed by atoms with E-state index in [1.807, 2.05) is 30.8 Å². The van der Waals surface area contributed by atoms with Crippen molar-refractivity contribution >= 4 is 17.3 Å². The maximum absolute atomic E-state index is 9.54. The highest BCUT2D eigenvalue weighted by Crippen LogP contribution is 2.34. The lowest BCUT2D eigenvalue weighted by Crippen LogP contribution is -2.31. The van der Waals surface area contributed by atoms with E-state index >= 15 is 0 Å². The number of thioether (sulfide) groups is 1. The molecule has 0 unspecified atom stereocenters. The molecule has 8 heteroatoms. The van der Waals surface area contributed by atoms with Crippen molar-refractivity contribution < 1.29 is 4.74 Å². The second kappa shape index (κ2) is 9.21. The van der Waals surface area contributed by atoms with Crippen molar-refractivity contribution in [3.05, 3.63) is 36.4 Å². The van der Waals surface area contributed by atoms with E-state index in [9.17, 15) is 5.26 Å². The quantitative estimate of drug-likeness (QED) is 0.580. The van der Waals surface area contributed by atoms with Gasteiger partial charge in [0.2, 0.25) is 0 Å². The van der Waals surface area contributed by atoms with Gasteiger partial charge in [-0.1, -0.05) is 6.92 Å². The van der Waals surface area contributed by atoms with Crippen molar-refractivity contribution in [1.29, 1.82) is 5.26 Å². The van der Waals surface area contributed by atoms with Crippen molar-refractivity contribution in [3.8, 4) is 17.2 Å². The van der Waals surface area contributed by atoms with E-state index in [0.717, 1.165) is 41.0 Å². The molecule has 0 aromatic carbocycles. The molecule has 1 fully saturated rings. The van der Waals surface area contributed by atoms with Crippen LogP contribution in [0.25, 0.3) is 16.6 Å². The molecule has 1 N–H and O–H groups in total. The predicted octanol–water partition coefficient (Wildman–Crippen LogP) is 3.90. The molecule has 2 atom stereocenters. The number of hydrogen-bond donors (Lipinski definition) is 1. The molecule has 3 aromatic heterocycles. The number of nitrogens with zero attached hydrogens (tertiary/aromatic N) is 5. The van der Waals surface area contributed by atoms with Crippen LogP contribution in [0.15, 0.2) is 35.7 Å². The molecule has 0 radical (unpaired) electrons. The molecule has 1 aliphatic heterocycles. The highest BCUT2D eigenvalue weighted by Gasteiger charge is 2.18. The third-order valence-corrected chi connectivity index (χ3v) is 6.37. The third-order valence-electron chi connectivity index (χ3n) is 5.27. The Labute approximate surface area is 181 Å². The lowest BCUT2D eigenvalue weighted by molar-refractivity contribution is 0.0820. The smallest absolute Gasteiger partial charge is 0.103 e. The average molecular weight is 425 g/mol. The highest BCUT2D eigenvalue weighted by atomic mass is 32.2. The maximum atomic E-state index is 9.54. The van der Waals surface area contributed by atoms with Crippen LogP contribution in [0.4, 0.5) is 0 Å². The summed E-state index contributed by atoms with van der Waals surface area (Å²) in [6.45, 7) is 8.93. The van der Waals surface area contributed by atoms with Crippen LogP contribution in [0.5, 0.6) is 0 Å². The first kappa shape index (κ1) is 20.9. The van der Waals surface area contributed by atoms with Gasteiger partial charge in [-0.2, -0.15) is 15.5 Å². The summed E-state index contributed by atoms with van der Waals surface area (Å²) in [7, 11) is 0. The van der Waals surface area contributed by atoms with Gasteiger partial charge in [0, 0.05) is 40.2 Å². The summed E-state index contributed by atoms with van der Waals surface area (Å²) < 4.78 is 9.67. The standard InChI is InChI=1S/C22H28N6OS/c1-15(2)29-14-16(3)30-21-7-17(12-28-22(21)18(8-23)9-26-28)19-10-25-27(13-19)20-5-4-6-24-11-20/h7,9-10,12-13,15-16,20,24H,4-6,11,14H2,1-3H3/t16-,20-/m1/s1. The van der Waals surface area contributed by atoms with Crippen LogP contribution in [0, 0.1) is 11.3 Å². The van der Waals surface area contributed by atoms with Crippen molar-refractivity contribution in [1.82, 2.24) is 24.7 Å². The van der Waals surface area contributed by atoms with E-state index in [-0.39, 0.29) is 11.4 Å². The van der Waals surface area contributed by atoms with Gasteiger partial charge in [-0.05, 0) is 39.3 Å². The number of nitrogens with one attached hydrogen (secondary N) is 1. The average Bonchev–Trinajstić information content (AvgIpc) is 3.40. The van der Waals surface area contributed by atoms with E-state index in [4.69, 9.17) is 4.74 Å². The molecule has 7 nitrogen and oxygen atoms in total. The lowest BCUT2D eigenvalue weighted by atomic mass is 10.1. The molecule has 0 amide bonds. The Morgan fingerprint density at radius 2 is 2.13 bits per heavy atom. The molecule has 0 aliphatic carbocycles. The number of fused-ring (bicyclic) bond motifs is 1. The van der Waals surface area contributed by atoms with Crippen LogP contribution in [0.3, 0.4) is 0 Å². The van der Waals surface area contributed by atoms with Gasteiger partial charge in [0.15, 0.2) is 0 Å². The van der Waals surface area contributed by atoms with Crippen LogP contribution in [0.1, 0.15) is 45.2 Å². The fraction of sp³-hybridized carbons (Fsp3) is 0.500. The minimum absolute atomic E-state index is 0.198. The van der Waals surface area contributed by atoms with Crippen molar-refractivity contribution in [2.75, 3.05) is 19.7 Å². The third kappa shape index (κ3) is 4.53. The maximum Gasteiger partial charge on any atom is 0.103 e. The topological polar surface area (TPSA) is 80.2 Å². The Balaban J connectivity index is 1.66. The second-order valence-corrected chi connectivity index (χ2v) is 9.56. The Morgan fingerprint density at radius 1 is 1.27 bits per heavy atom. The summed E-state index contributed by atoms with van der Waals surface area (Å²) in [6, 6.07) is 4.81. The molecule has 1 saturated heterocycles. The zero-order valence-electron chi connectivity index (χ0n) is 17.7.